The second-order valence-corrected chi connectivity index (χ2v) is 6.89. The molecule has 2 fully saturated rings. The van der Waals surface area contributed by atoms with Gasteiger partial charge in [0.1, 0.15) is 5.82 Å². The molecule has 0 saturated carbocycles. The molecule has 2 saturated heterocycles. The summed E-state index contributed by atoms with van der Waals surface area (Å²) in [4.78, 5) is 9.64. The number of anilines is 1. The summed E-state index contributed by atoms with van der Waals surface area (Å²) in [6.45, 7) is 7.85. The van der Waals surface area contributed by atoms with Crippen molar-refractivity contribution in [2.45, 2.75) is 45.1 Å². The van der Waals surface area contributed by atoms with Crippen molar-refractivity contribution in [3.63, 3.8) is 0 Å². The first-order chi connectivity index (χ1) is 10.7. The first-order valence-corrected chi connectivity index (χ1v) is 8.84. The molecule has 3 heterocycles. The Morgan fingerprint density at radius 3 is 2.55 bits per heavy atom. The minimum Gasteiger partial charge on any atom is -0.387 e. The summed E-state index contributed by atoms with van der Waals surface area (Å²) in [5.74, 6) is 1.86. The molecule has 0 aromatic carbocycles. The SMILES string of the molecule is C[C@H](O)c1cccc(N2CCC(CN3CCCCC3)CC2)n1. The highest BCUT2D eigenvalue weighted by Crippen LogP contribution is 2.24. The predicted molar refractivity (Wildman–Crippen MR) is 90.1 cm³/mol. The molecule has 0 bridgehead atoms. The fourth-order valence-corrected chi connectivity index (χ4v) is 3.70. The maximum absolute atomic E-state index is 9.68. The summed E-state index contributed by atoms with van der Waals surface area (Å²) < 4.78 is 0. The molecule has 1 aromatic rings. The van der Waals surface area contributed by atoms with Crippen molar-refractivity contribution in [2.75, 3.05) is 37.6 Å². The molecule has 4 nitrogen and oxygen atoms in total. The van der Waals surface area contributed by atoms with Gasteiger partial charge in [0.05, 0.1) is 11.8 Å². The summed E-state index contributed by atoms with van der Waals surface area (Å²) in [6, 6.07) is 5.97. The van der Waals surface area contributed by atoms with E-state index in [1.165, 1.54) is 51.7 Å². The molecule has 0 amide bonds. The van der Waals surface area contributed by atoms with Gasteiger partial charge in [-0.25, -0.2) is 4.98 Å². The van der Waals surface area contributed by atoms with E-state index in [9.17, 15) is 5.11 Å². The van der Waals surface area contributed by atoms with Crippen molar-refractivity contribution in [2.24, 2.45) is 5.92 Å². The van der Waals surface area contributed by atoms with E-state index in [2.05, 4.69) is 20.9 Å². The topological polar surface area (TPSA) is 39.6 Å². The van der Waals surface area contributed by atoms with Crippen LogP contribution >= 0.6 is 0 Å². The van der Waals surface area contributed by atoms with Gasteiger partial charge >= 0.3 is 0 Å². The van der Waals surface area contributed by atoms with E-state index < -0.39 is 6.10 Å². The molecule has 122 valence electrons. The Kier molecular flexibility index (Phi) is 5.32. The van der Waals surface area contributed by atoms with Crippen molar-refractivity contribution < 1.29 is 5.11 Å². The van der Waals surface area contributed by atoms with Gasteiger partial charge in [0.25, 0.3) is 0 Å². The van der Waals surface area contributed by atoms with Gasteiger partial charge in [-0.05, 0) is 63.7 Å². The molecule has 0 radical (unpaired) electrons. The van der Waals surface area contributed by atoms with Crippen molar-refractivity contribution in [3.05, 3.63) is 23.9 Å². The first kappa shape index (κ1) is 15.8. The zero-order valence-electron chi connectivity index (χ0n) is 13.7. The van der Waals surface area contributed by atoms with E-state index in [4.69, 9.17) is 0 Å². The Bertz CT molecular complexity index is 463. The van der Waals surface area contributed by atoms with E-state index in [0.29, 0.717) is 0 Å². The Labute approximate surface area is 134 Å². The van der Waals surface area contributed by atoms with E-state index >= 15 is 0 Å². The summed E-state index contributed by atoms with van der Waals surface area (Å²) >= 11 is 0. The second kappa shape index (κ2) is 7.42. The van der Waals surface area contributed by atoms with Crippen molar-refractivity contribution in [1.29, 1.82) is 0 Å². The zero-order chi connectivity index (χ0) is 15.4. The molecule has 4 heteroatoms. The molecule has 22 heavy (non-hydrogen) atoms. The third-order valence-electron chi connectivity index (χ3n) is 5.09. The van der Waals surface area contributed by atoms with Gasteiger partial charge in [0.15, 0.2) is 0 Å². The number of likely N-dealkylation sites (tertiary alicyclic amines) is 1. The smallest absolute Gasteiger partial charge is 0.128 e. The van der Waals surface area contributed by atoms with Crippen LogP contribution < -0.4 is 4.90 Å². The molecule has 0 unspecified atom stereocenters. The lowest BCUT2D eigenvalue weighted by molar-refractivity contribution is 0.181. The van der Waals surface area contributed by atoms with Crippen LogP contribution in [0.1, 0.15) is 50.8 Å². The van der Waals surface area contributed by atoms with E-state index in [1.54, 1.807) is 6.92 Å². The zero-order valence-corrected chi connectivity index (χ0v) is 13.7. The Balaban J connectivity index is 1.51. The van der Waals surface area contributed by atoms with Crippen LogP contribution in [0.25, 0.3) is 0 Å². The van der Waals surface area contributed by atoms with Gasteiger partial charge in [-0.2, -0.15) is 0 Å². The molecule has 1 aromatic heterocycles. The van der Waals surface area contributed by atoms with Crippen LogP contribution in [0.5, 0.6) is 0 Å². The highest BCUT2D eigenvalue weighted by molar-refractivity contribution is 5.40. The fourth-order valence-electron chi connectivity index (χ4n) is 3.70. The number of aromatic nitrogens is 1. The number of aliphatic hydroxyl groups is 1. The number of piperidine rings is 2. The average molecular weight is 303 g/mol. The van der Waals surface area contributed by atoms with Gasteiger partial charge in [-0.1, -0.05) is 12.5 Å². The van der Waals surface area contributed by atoms with Crippen LogP contribution in [0.3, 0.4) is 0 Å². The molecular formula is C18H29N3O. The minimum absolute atomic E-state index is 0.489. The lowest BCUT2D eigenvalue weighted by Gasteiger charge is -2.36. The Morgan fingerprint density at radius 1 is 1.14 bits per heavy atom. The largest absolute Gasteiger partial charge is 0.387 e. The molecule has 0 aliphatic carbocycles. The maximum atomic E-state index is 9.68. The van der Waals surface area contributed by atoms with Gasteiger partial charge in [-0.3, -0.25) is 0 Å². The second-order valence-electron chi connectivity index (χ2n) is 6.89. The van der Waals surface area contributed by atoms with E-state index in [-0.39, 0.29) is 0 Å². The fraction of sp³-hybridized carbons (Fsp3) is 0.722. The molecule has 1 atom stereocenters. The highest BCUT2D eigenvalue weighted by Gasteiger charge is 2.23. The van der Waals surface area contributed by atoms with E-state index in [1.807, 2.05) is 12.1 Å². The number of aliphatic hydroxyl groups excluding tert-OH is 1. The number of hydrogen-bond donors (Lipinski definition) is 1. The van der Waals surface area contributed by atoms with Gasteiger partial charge in [-0.15, -0.1) is 0 Å². The quantitative estimate of drug-likeness (QED) is 0.928. The van der Waals surface area contributed by atoms with Crippen LogP contribution in [-0.2, 0) is 0 Å². The lowest BCUT2D eigenvalue weighted by atomic mass is 9.95. The molecule has 0 spiro atoms. The van der Waals surface area contributed by atoms with E-state index in [0.717, 1.165) is 30.5 Å². The third kappa shape index (κ3) is 3.99. The van der Waals surface area contributed by atoms with Gasteiger partial charge in [0.2, 0.25) is 0 Å². The number of nitrogens with zero attached hydrogens (tertiary/aromatic N) is 3. The summed E-state index contributed by atoms with van der Waals surface area (Å²) in [7, 11) is 0. The normalized spacial score (nSPS) is 22.7. The summed E-state index contributed by atoms with van der Waals surface area (Å²) in [6.07, 6.45) is 6.22. The number of pyridine rings is 1. The number of rotatable bonds is 4. The molecule has 2 aliphatic rings. The van der Waals surface area contributed by atoms with Crippen LogP contribution in [0.2, 0.25) is 0 Å². The first-order valence-electron chi connectivity index (χ1n) is 8.84. The molecule has 2 aliphatic heterocycles. The predicted octanol–water partition coefficient (Wildman–Crippen LogP) is 2.84. The average Bonchev–Trinajstić information content (AvgIpc) is 2.56. The van der Waals surface area contributed by atoms with Gasteiger partial charge in [0, 0.05) is 19.6 Å². The standard InChI is InChI=1S/C18H29N3O/c1-15(22)17-6-5-7-18(19-17)21-12-8-16(9-13-21)14-20-10-3-2-4-11-20/h5-7,15-16,22H,2-4,8-14H2,1H3/t15-/m0/s1. The minimum atomic E-state index is -0.489. The molecule has 1 N–H and O–H groups in total. The molecule has 3 rings (SSSR count). The maximum Gasteiger partial charge on any atom is 0.128 e. The van der Waals surface area contributed by atoms with Crippen molar-refractivity contribution in [3.8, 4) is 0 Å². The van der Waals surface area contributed by atoms with Crippen LogP contribution in [0.15, 0.2) is 18.2 Å². The molecular weight excluding hydrogens is 274 g/mol. The van der Waals surface area contributed by atoms with Gasteiger partial charge < -0.3 is 14.9 Å². The van der Waals surface area contributed by atoms with Crippen LogP contribution in [0, 0.1) is 5.92 Å². The highest BCUT2D eigenvalue weighted by atomic mass is 16.3. The Morgan fingerprint density at radius 2 is 1.86 bits per heavy atom. The number of hydrogen-bond acceptors (Lipinski definition) is 4. The monoisotopic (exact) mass is 303 g/mol. The summed E-state index contributed by atoms with van der Waals surface area (Å²) in [5, 5.41) is 9.68. The lowest BCUT2D eigenvalue weighted by Crippen LogP contribution is -2.40. The van der Waals surface area contributed by atoms with Crippen LogP contribution in [-0.4, -0.2) is 47.7 Å². The van der Waals surface area contributed by atoms with Crippen molar-refractivity contribution >= 4 is 5.82 Å². The van der Waals surface area contributed by atoms with Crippen LogP contribution in [0.4, 0.5) is 5.82 Å². The third-order valence-corrected chi connectivity index (χ3v) is 5.09. The summed E-state index contributed by atoms with van der Waals surface area (Å²) in [5.41, 5.74) is 0.771. The Hall–Kier alpha value is -1.13. The van der Waals surface area contributed by atoms with Crippen molar-refractivity contribution in [1.82, 2.24) is 9.88 Å².